The molecule has 0 saturated heterocycles. The number of halogens is 3. The Morgan fingerprint density at radius 3 is 2.67 bits per heavy atom. The number of allylic oxidation sites excluding steroid dienone is 2. The molecule has 0 radical (unpaired) electrons. The van der Waals surface area contributed by atoms with Crippen molar-refractivity contribution in [3.63, 3.8) is 0 Å². The Morgan fingerprint density at radius 2 is 1.93 bits per heavy atom. The van der Waals surface area contributed by atoms with Gasteiger partial charge in [0.15, 0.2) is 0 Å². The van der Waals surface area contributed by atoms with Crippen LogP contribution in [0.25, 0.3) is 0 Å². The van der Waals surface area contributed by atoms with Gasteiger partial charge in [-0.05, 0) is 49.9 Å². The van der Waals surface area contributed by atoms with Gasteiger partial charge in [0.1, 0.15) is 0 Å². The molecule has 3 aliphatic carbocycles. The maximum absolute atomic E-state index is 12.7. The van der Waals surface area contributed by atoms with E-state index < -0.39 is 12.1 Å². The van der Waals surface area contributed by atoms with Crippen molar-refractivity contribution in [3.05, 3.63) is 11.6 Å². The summed E-state index contributed by atoms with van der Waals surface area (Å²) in [4.78, 5) is 0. The van der Waals surface area contributed by atoms with E-state index in [-0.39, 0.29) is 5.92 Å². The SMILES string of the molecule is FC(F)(F)C1CC2CC1C1=CCCCC12. The lowest BCUT2D eigenvalue weighted by Gasteiger charge is -2.34. The standard InChI is InChI=1S/C12H15F3/c13-12(14,15)11-6-7-5-10(11)9-4-2-1-3-8(7)9/h4,7-8,10-11H,1-3,5-6H2. The lowest BCUT2D eigenvalue weighted by molar-refractivity contribution is -0.184. The summed E-state index contributed by atoms with van der Waals surface area (Å²) in [6.45, 7) is 0. The van der Waals surface area contributed by atoms with Gasteiger partial charge in [-0.3, -0.25) is 0 Å². The Bertz CT molecular complexity index is 302. The van der Waals surface area contributed by atoms with Crippen LogP contribution in [0.15, 0.2) is 11.6 Å². The topological polar surface area (TPSA) is 0 Å². The minimum atomic E-state index is -3.97. The van der Waals surface area contributed by atoms with E-state index in [2.05, 4.69) is 6.08 Å². The maximum Gasteiger partial charge on any atom is 0.392 e. The molecule has 4 atom stereocenters. The Kier molecular flexibility index (Phi) is 1.96. The van der Waals surface area contributed by atoms with Gasteiger partial charge in [-0.2, -0.15) is 13.2 Å². The number of hydrogen-bond acceptors (Lipinski definition) is 0. The summed E-state index contributed by atoms with van der Waals surface area (Å²) in [5.41, 5.74) is 1.17. The van der Waals surface area contributed by atoms with E-state index in [0.29, 0.717) is 18.3 Å². The van der Waals surface area contributed by atoms with Gasteiger partial charge in [0.25, 0.3) is 0 Å². The molecule has 4 unspecified atom stereocenters. The summed E-state index contributed by atoms with van der Waals surface area (Å²) in [6.07, 6.45) is 2.65. The number of rotatable bonds is 0. The molecule has 2 bridgehead atoms. The molecule has 0 N–H and O–H groups in total. The van der Waals surface area contributed by atoms with Crippen LogP contribution in [0.5, 0.6) is 0 Å². The van der Waals surface area contributed by atoms with Gasteiger partial charge in [0, 0.05) is 0 Å². The second kappa shape index (κ2) is 3.02. The molecule has 3 heteroatoms. The summed E-state index contributed by atoms with van der Waals surface area (Å²) in [5, 5.41) is 0. The third-order valence-corrected chi connectivity index (χ3v) is 4.54. The van der Waals surface area contributed by atoms with Crippen molar-refractivity contribution in [2.24, 2.45) is 23.7 Å². The lowest BCUT2D eigenvalue weighted by atomic mass is 9.73. The third kappa shape index (κ3) is 1.35. The normalized spacial score (nSPS) is 44.1. The summed E-state index contributed by atoms with van der Waals surface area (Å²) in [5.74, 6) is -0.320. The molecule has 0 aromatic rings. The number of alkyl halides is 3. The fourth-order valence-electron chi connectivity index (χ4n) is 3.99. The lowest BCUT2D eigenvalue weighted by Crippen LogP contribution is -2.32. The van der Waals surface area contributed by atoms with E-state index in [9.17, 15) is 13.2 Å². The van der Waals surface area contributed by atoms with Gasteiger partial charge in [0.05, 0.1) is 5.92 Å². The smallest absolute Gasteiger partial charge is 0.171 e. The molecule has 0 aromatic heterocycles. The Labute approximate surface area is 87.5 Å². The zero-order chi connectivity index (χ0) is 10.6. The van der Waals surface area contributed by atoms with E-state index in [1.807, 2.05) is 0 Å². The molecule has 3 aliphatic rings. The van der Waals surface area contributed by atoms with Crippen molar-refractivity contribution < 1.29 is 13.2 Å². The number of hydrogen-bond donors (Lipinski definition) is 0. The van der Waals surface area contributed by atoms with Crippen LogP contribution in [0, 0.1) is 23.7 Å². The van der Waals surface area contributed by atoms with Crippen molar-refractivity contribution in [1.82, 2.24) is 0 Å². The second-order valence-electron chi connectivity index (χ2n) is 5.23. The average Bonchev–Trinajstić information content (AvgIpc) is 2.74. The van der Waals surface area contributed by atoms with Crippen LogP contribution in [0.4, 0.5) is 13.2 Å². The fraction of sp³-hybridized carbons (Fsp3) is 0.833. The van der Waals surface area contributed by atoms with Crippen LogP contribution in [-0.2, 0) is 0 Å². The summed E-state index contributed by atoms with van der Waals surface area (Å²) in [6, 6.07) is 0. The van der Waals surface area contributed by atoms with Crippen LogP contribution in [-0.4, -0.2) is 6.18 Å². The highest BCUT2D eigenvalue weighted by Gasteiger charge is 2.57. The molecule has 3 rings (SSSR count). The van der Waals surface area contributed by atoms with Gasteiger partial charge in [-0.15, -0.1) is 0 Å². The fourth-order valence-corrected chi connectivity index (χ4v) is 3.99. The van der Waals surface area contributed by atoms with Gasteiger partial charge < -0.3 is 0 Å². The van der Waals surface area contributed by atoms with Crippen LogP contribution in [0.1, 0.15) is 32.1 Å². The first-order valence-corrected chi connectivity index (χ1v) is 5.84. The highest BCUT2D eigenvalue weighted by molar-refractivity contribution is 5.25. The highest BCUT2D eigenvalue weighted by atomic mass is 19.4. The predicted molar refractivity (Wildman–Crippen MR) is 51.2 cm³/mol. The van der Waals surface area contributed by atoms with Crippen LogP contribution in [0.3, 0.4) is 0 Å². The van der Waals surface area contributed by atoms with Crippen molar-refractivity contribution in [2.75, 3.05) is 0 Å². The molecule has 0 aromatic carbocycles. The van der Waals surface area contributed by atoms with E-state index in [1.54, 1.807) is 0 Å². The highest BCUT2D eigenvalue weighted by Crippen LogP contribution is 2.61. The first-order chi connectivity index (χ1) is 7.07. The molecule has 15 heavy (non-hydrogen) atoms. The average molecular weight is 216 g/mol. The molecule has 0 aliphatic heterocycles. The van der Waals surface area contributed by atoms with E-state index in [0.717, 1.165) is 19.3 Å². The van der Waals surface area contributed by atoms with Gasteiger partial charge >= 0.3 is 6.18 Å². The molecule has 0 spiro atoms. The first-order valence-electron chi connectivity index (χ1n) is 5.84. The zero-order valence-electron chi connectivity index (χ0n) is 8.56. The van der Waals surface area contributed by atoms with Crippen LogP contribution >= 0.6 is 0 Å². The van der Waals surface area contributed by atoms with Crippen molar-refractivity contribution in [2.45, 2.75) is 38.3 Å². The molecule has 0 nitrogen and oxygen atoms in total. The second-order valence-corrected chi connectivity index (χ2v) is 5.23. The molecular weight excluding hydrogens is 201 g/mol. The van der Waals surface area contributed by atoms with Crippen molar-refractivity contribution in [3.8, 4) is 0 Å². The molecule has 84 valence electrons. The van der Waals surface area contributed by atoms with Gasteiger partial charge in [-0.1, -0.05) is 11.6 Å². The summed E-state index contributed by atoms with van der Waals surface area (Å²) >= 11 is 0. The van der Waals surface area contributed by atoms with E-state index in [4.69, 9.17) is 0 Å². The number of fused-ring (bicyclic) bond motifs is 5. The van der Waals surface area contributed by atoms with Gasteiger partial charge in [0.2, 0.25) is 0 Å². The van der Waals surface area contributed by atoms with Crippen molar-refractivity contribution >= 4 is 0 Å². The monoisotopic (exact) mass is 216 g/mol. The summed E-state index contributed by atoms with van der Waals surface area (Å²) in [7, 11) is 0. The van der Waals surface area contributed by atoms with Crippen LogP contribution in [0.2, 0.25) is 0 Å². The quantitative estimate of drug-likeness (QED) is 0.538. The molecule has 2 saturated carbocycles. The van der Waals surface area contributed by atoms with Crippen LogP contribution < -0.4 is 0 Å². The maximum atomic E-state index is 12.7. The largest absolute Gasteiger partial charge is 0.392 e. The summed E-state index contributed by atoms with van der Waals surface area (Å²) < 4.78 is 38.2. The Morgan fingerprint density at radius 1 is 1.13 bits per heavy atom. The molecule has 0 amide bonds. The van der Waals surface area contributed by atoms with Gasteiger partial charge in [-0.25, -0.2) is 0 Å². The zero-order valence-corrected chi connectivity index (χ0v) is 8.56. The minimum absolute atomic E-state index is 0.153. The third-order valence-electron chi connectivity index (χ3n) is 4.54. The molecule has 2 fully saturated rings. The molecular formula is C12H15F3. The van der Waals surface area contributed by atoms with E-state index in [1.165, 1.54) is 12.0 Å². The van der Waals surface area contributed by atoms with Crippen molar-refractivity contribution in [1.29, 1.82) is 0 Å². The predicted octanol–water partition coefficient (Wildman–Crippen LogP) is 3.93. The molecule has 0 heterocycles. The minimum Gasteiger partial charge on any atom is -0.171 e. The Hall–Kier alpha value is -0.470. The Balaban J connectivity index is 1.89. The van der Waals surface area contributed by atoms with E-state index >= 15 is 0 Å². The first kappa shape index (κ1) is 9.73.